The van der Waals surface area contributed by atoms with Crippen molar-refractivity contribution in [3.8, 4) is 0 Å². The molecule has 1 aromatic heterocycles. The van der Waals surface area contributed by atoms with Crippen molar-refractivity contribution in [2.24, 2.45) is 5.92 Å². The number of carbonyl (C=O) groups excluding carboxylic acids is 1. The Labute approximate surface area is 93.7 Å². The maximum atomic E-state index is 12.1. The first-order chi connectivity index (χ1) is 7.72. The lowest BCUT2D eigenvalue weighted by atomic mass is 10.3. The van der Waals surface area contributed by atoms with Crippen molar-refractivity contribution in [3.63, 3.8) is 0 Å². The molecule has 0 aromatic carbocycles. The topological polar surface area (TPSA) is 85.2 Å². The number of hydrogen-bond donors (Lipinski definition) is 1. The highest BCUT2D eigenvalue weighted by molar-refractivity contribution is 5.96. The molecule has 1 saturated carbocycles. The van der Waals surface area contributed by atoms with Crippen molar-refractivity contribution < 1.29 is 9.42 Å². The lowest BCUT2D eigenvalue weighted by molar-refractivity contribution is 0.0737. The van der Waals surface area contributed by atoms with Crippen LogP contribution in [0.5, 0.6) is 0 Å². The van der Waals surface area contributed by atoms with E-state index in [-0.39, 0.29) is 17.4 Å². The van der Waals surface area contributed by atoms with Crippen molar-refractivity contribution in [1.82, 2.24) is 15.2 Å². The van der Waals surface area contributed by atoms with E-state index in [4.69, 9.17) is 5.73 Å². The van der Waals surface area contributed by atoms with E-state index in [2.05, 4.69) is 14.9 Å². The second-order valence-corrected chi connectivity index (χ2v) is 4.19. The average molecular weight is 224 g/mol. The minimum Gasteiger partial charge on any atom is -0.379 e. The van der Waals surface area contributed by atoms with E-state index in [0.29, 0.717) is 5.92 Å². The Kier molecular flexibility index (Phi) is 3.07. The quantitative estimate of drug-likeness (QED) is 0.803. The van der Waals surface area contributed by atoms with Gasteiger partial charge in [0.05, 0.1) is 0 Å². The first-order valence-electron chi connectivity index (χ1n) is 5.59. The molecule has 0 atom stereocenters. The predicted molar refractivity (Wildman–Crippen MR) is 57.6 cm³/mol. The molecule has 0 spiro atoms. The van der Waals surface area contributed by atoms with Gasteiger partial charge in [0.2, 0.25) is 11.5 Å². The monoisotopic (exact) mass is 224 g/mol. The molecule has 0 saturated heterocycles. The van der Waals surface area contributed by atoms with Gasteiger partial charge in [0.15, 0.2) is 0 Å². The van der Waals surface area contributed by atoms with Crippen molar-refractivity contribution in [2.75, 3.05) is 18.8 Å². The Morgan fingerprint density at radius 2 is 2.31 bits per heavy atom. The average Bonchev–Trinajstić information content (AvgIpc) is 2.98. The molecule has 1 aliphatic rings. The number of nitrogens with two attached hydrogens (primary N) is 1. The molecule has 2 rings (SSSR count). The van der Waals surface area contributed by atoms with E-state index >= 15 is 0 Å². The molecule has 1 heterocycles. The van der Waals surface area contributed by atoms with Crippen LogP contribution in [-0.4, -0.2) is 34.2 Å². The summed E-state index contributed by atoms with van der Waals surface area (Å²) in [6.45, 7) is 3.55. The highest BCUT2D eigenvalue weighted by atomic mass is 16.6. The Balaban J connectivity index is 2.06. The number of aromatic nitrogens is 2. The molecule has 0 bridgehead atoms. The van der Waals surface area contributed by atoms with Gasteiger partial charge in [-0.2, -0.15) is 0 Å². The smallest absolute Gasteiger partial charge is 0.280 e. The molecule has 0 aliphatic heterocycles. The van der Waals surface area contributed by atoms with E-state index < -0.39 is 0 Å². The number of amides is 1. The first-order valence-corrected chi connectivity index (χ1v) is 5.59. The van der Waals surface area contributed by atoms with Gasteiger partial charge in [-0.1, -0.05) is 6.92 Å². The molecule has 88 valence electrons. The molecule has 1 aromatic rings. The largest absolute Gasteiger partial charge is 0.379 e. The zero-order valence-electron chi connectivity index (χ0n) is 9.35. The summed E-state index contributed by atoms with van der Waals surface area (Å²) < 4.78 is 4.44. The van der Waals surface area contributed by atoms with E-state index in [1.807, 2.05) is 6.92 Å². The Hall–Kier alpha value is -1.59. The van der Waals surface area contributed by atoms with Crippen LogP contribution in [-0.2, 0) is 0 Å². The van der Waals surface area contributed by atoms with Gasteiger partial charge in [0.25, 0.3) is 5.91 Å². The fourth-order valence-electron chi connectivity index (χ4n) is 1.65. The maximum absolute atomic E-state index is 12.1. The summed E-state index contributed by atoms with van der Waals surface area (Å²) in [6.07, 6.45) is 3.34. The van der Waals surface area contributed by atoms with Crippen molar-refractivity contribution in [1.29, 1.82) is 0 Å². The number of carbonyl (C=O) groups is 1. The minimum atomic E-state index is -0.174. The van der Waals surface area contributed by atoms with Crippen LogP contribution in [0.1, 0.15) is 36.7 Å². The zero-order chi connectivity index (χ0) is 11.5. The summed E-state index contributed by atoms with van der Waals surface area (Å²) in [4.78, 5) is 13.8. The lowest BCUT2D eigenvalue weighted by Crippen LogP contribution is -2.34. The third kappa shape index (κ3) is 2.32. The van der Waals surface area contributed by atoms with Crippen molar-refractivity contribution >= 4 is 11.7 Å². The van der Waals surface area contributed by atoms with E-state index in [1.165, 1.54) is 12.8 Å². The molecular weight excluding hydrogens is 208 g/mol. The Morgan fingerprint density at radius 1 is 1.56 bits per heavy atom. The Bertz CT molecular complexity index is 373. The second-order valence-electron chi connectivity index (χ2n) is 4.19. The molecule has 1 aliphatic carbocycles. The molecular formula is C10H16N4O2. The molecule has 6 heteroatoms. The van der Waals surface area contributed by atoms with Gasteiger partial charge < -0.3 is 10.6 Å². The van der Waals surface area contributed by atoms with Gasteiger partial charge in [-0.05, 0) is 35.5 Å². The van der Waals surface area contributed by atoms with Gasteiger partial charge in [0.1, 0.15) is 0 Å². The van der Waals surface area contributed by atoms with E-state index in [9.17, 15) is 4.79 Å². The number of nitrogen functional groups attached to an aromatic ring is 1. The van der Waals surface area contributed by atoms with Gasteiger partial charge in [-0.25, -0.2) is 4.63 Å². The van der Waals surface area contributed by atoms with Crippen LogP contribution in [0.4, 0.5) is 5.82 Å². The van der Waals surface area contributed by atoms with Crippen LogP contribution in [0, 0.1) is 5.92 Å². The fourth-order valence-corrected chi connectivity index (χ4v) is 1.65. The summed E-state index contributed by atoms with van der Waals surface area (Å²) in [5.41, 5.74) is 5.64. The maximum Gasteiger partial charge on any atom is 0.280 e. The third-order valence-electron chi connectivity index (χ3n) is 2.67. The van der Waals surface area contributed by atoms with Crippen LogP contribution in [0.2, 0.25) is 0 Å². The summed E-state index contributed by atoms with van der Waals surface area (Å²) in [7, 11) is 0. The summed E-state index contributed by atoms with van der Waals surface area (Å²) >= 11 is 0. The normalized spacial score (nSPS) is 15.1. The van der Waals surface area contributed by atoms with Gasteiger partial charge in [-0.15, -0.1) is 0 Å². The van der Waals surface area contributed by atoms with Crippen LogP contribution < -0.4 is 5.73 Å². The van der Waals surface area contributed by atoms with Crippen LogP contribution in [0.3, 0.4) is 0 Å². The SMILES string of the molecule is CCCN(CC1CC1)C(=O)c1nonc1N. The fraction of sp³-hybridized carbons (Fsp3) is 0.700. The van der Waals surface area contributed by atoms with E-state index in [1.54, 1.807) is 4.90 Å². The number of rotatable bonds is 5. The van der Waals surface area contributed by atoms with Gasteiger partial charge >= 0.3 is 0 Å². The van der Waals surface area contributed by atoms with Crippen molar-refractivity contribution in [2.45, 2.75) is 26.2 Å². The summed E-state index contributed by atoms with van der Waals surface area (Å²) in [5, 5.41) is 6.96. The predicted octanol–water partition coefficient (Wildman–Crippen LogP) is 0.914. The highest BCUT2D eigenvalue weighted by Gasteiger charge is 2.29. The molecule has 6 nitrogen and oxygen atoms in total. The first kappa shape index (κ1) is 10.9. The highest BCUT2D eigenvalue weighted by Crippen LogP contribution is 2.30. The Morgan fingerprint density at radius 3 is 2.81 bits per heavy atom. The van der Waals surface area contributed by atoms with Gasteiger partial charge in [0, 0.05) is 13.1 Å². The molecule has 0 unspecified atom stereocenters. The van der Waals surface area contributed by atoms with Crippen LogP contribution in [0.15, 0.2) is 4.63 Å². The van der Waals surface area contributed by atoms with Gasteiger partial charge in [-0.3, -0.25) is 4.79 Å². The second kappa shape index (κ2) is 4.51. The van der Waals surface area contributed by atoms with Crippen molar-refractivity contribution in [3.05, 3.63) is 5.69 Å². The standard InChI is InChI=1S/C10H16N4O2/c1-2-5-14(6-7-3-4-7)10(15)8-9(11)13-16-12-8/h7H,2-6H2,1H3,(H2,11,13). The lowest BCUT2D eigenvalue weighted by Gasteiger charge is -2.20. The molecule has 0 radical (unpaired) electrons. The zero-order valence-corrected chi connectivity index (χ0v) is 9.35. The third-order valence-corrected chi connectivity index (χ3v) is 2.67. The number of nitrogens with zero attached hydrogens (tertiary/aromatic N) is 3. The molecule has 1 fully saturated rings. The number of anilines is 1. The minimum absolute atomic E-state index is 0.0712. The number of hydrogen-bond acceptors (Lipinski definition) is 5. The van der Waals surface area contributed by atoms with E-state index in [0.717, 1.165) is 19.5 Å². The van der Waals surface area contributed by atoms with Crippen LogP contribution in [0.25, 0.3) is 0 Å². The summed E-state index contributed by atoms with van der Waals surface area (Å²) in [5.74, 6) is 0.547. The van der Waals surface area contributed by atoms with Crippen LogP contribution >= 0.6 is 0 Å². The summed E-state index contributed by atoms with van der Waals surface area (Å²) in [6, 6.07) is 0. The molecule has 1 amide bonds. The molecule has 16 heavy (non-hydrogen) atoms. The molecule has 2 N–H and O–H groups in total.